The van der Waals surface area contributed by atoms with E-state index in [0.717, 1.165) is 0 Å². The predicted octanol–water partition coefficient (Wildman–Crippen LogP) is -1.67. The predicted molar refractivity (Wildman–Crippen MR) is 30.8 cm³/mol. The molecule has 0 aromatic rings. The van der Waals surface area contributed by atoms with Gasteiger partial charge in [0.1, 0.15) is 0 Å². The van der Waals surface area contributed by atoms with E-state index in [2.05, 4.69) is 5.73 Å². The highest BCUT2D eigenvalue weighted by Gasteiger charge is 2.29. The fraction of sp³-hybridized carbons (Fsp3) is 0.333. The Morgan fingerprint density at radius 1 is 1.50 bits per heavy atom. The van der Waals surface area contributed by atoms with E-state index in [1.165, 1.54) is 0 Å². The van der Waals surface area contributed by atoms with Crippen molar-refractivity contribution in [3.05, 3.63) is 5.44 Å². The molecule has 0 aromatic heterocycles. The molecule has 0 fully saturated rings. The Kier molecular flexibility index (Phi) is 2.76. The maximum absolute atomic E-state index is 10.3. The van der Waals surface area contributed by atoms with Gasteiger partial charge in [0, 0.05) is 0 Å². The van der Waals surface area contributed by atoms with Crippen LogP contribution >= 0.6 is 0 Å². The zero-order chi connectivity index (χ0) is 8.36. The normalized spacial score (nSPS) is 11.9. The summed E-state index contributed by atoms with van der Waals surface area (Å²) in [5.41, 5.74) is 2.99. The first kappa shape index (κ1) is 9.34. The van der Waals surface area contributed by atoms with Gasteiger partial charge in [-0.05, 0) is 0 Å². The van der Waals surface area contributed by atoms with Crippen LogP contribution in [0, 0.1) is 5.44 Å². The van der Waals surface area contributed by atoms with Crippen LogP contribution in [-0.2, 0) is 9.84 Å². The van der Waals surface area contributed by atoms with E-state index in [1.807, 2.05) is 0 Å². The second-order valence-corrected chi connectivity index (χ2v) is 3.25. The van der Waals surface area contributed by atoms with Crippen LogP contribution in [0.1, 0.15) is 0 Å². The van der Waals surface area contributed by atoms with Gasteiger partial charge in [0.2, 0.25) is 5.44 Å². The Labute approximate surface area is 57.2 Å². The Hall–Kier alpha value is -0.660. The van der Waals surface area contributed by atoms with Crippen molar-refractivity contribution < 1.29 is 23.4 Å². The summed E-state index contributed by atoms with van der Waals surface area (Å²) in [6.07, 6.45) is 0. The zero-order valence-electron chi connectivity index (χ0n) is 4.81. The topological polar surface area (TPSA) is 118 Å². The maximum Gasteiger partial charge on any atom is 0.337 e. The number of aliphatic hydroxyl groups is 2. The van der Waals surface area contributed by atoms with Gasteiger partial charge in [-0.1, -0.05) is 0 Å². The van der Waals surface area contributed by atoms with Gasteiger partial charge in [0.05, 0.1) is 6.61 Å². The summed E-state index contributed by atoms with van der Waals surface area (Å²) in [6.45, 7) is -1.12. The molecule has 0 heterocycles. The van der Waals surface area contributed by atoms with Crippen LogP contribution in [0.5, 0.6) is 0 Å². The molecule has 10 heavy (non-hydrogen) atoms. The number of nitrogens with two attached hydrogens (primary N) is 1. The molecule has 0 unspecified atom stereocenters. The first-order valence-corrected chi connectivity index (χ1v) is 3.61. The van der Waals surface area contributed by atoms with Gasteiger partial charge in [0.15, 0.2) is 0 Å². The summed E-state index contributed by atoms with van der Waals surface area (Å²) in [6, 6.07) is 0. The molecule has 59 valence electrons. The molecule has 0 aliphatic carbocycles. The maximum atomic E-state index is 10.3. The lowest BCUT2D eigenvalue weighted by molar-refractivity contribution is 0.221. The zero-order valence-corrected chi connectivity index (χ0v) is 5.63. The second kappa shape index (κ2) is 2.95. The largest absolute Gasteiger partial charge is 0.392 e. The van der Waals surface area contributed by atoms with Crippen LogP contribution in [-0.4, -0.2) is 30.5 Å². The van der Waals surface area contributed by atoms with E-state index in [1.54, 1.807) is 0 Å². The molecular weight excluding hydrogens is 162 g/mol. The smallest absolute Gasteiger partial charge is 0.337 e. The van der Waals surface area contributed by atoms with Crippen LogP contribution in [0.3, 0.4) is 0 Å². The molecule has 7 heteroatoms. The third-order valence-corrected chi connectivity index (χ3v) is 1.99. The summed E-state index contributed by atoms with van der Waals surface area (Å²) >= 11 is 0. The number of sulfone groups is 1. The molecule has 0 bridgehead atoms. The van der Waals surface area contributed by atoms with E-state index >= 15 is 0 Å². The quantitative estimate of drug-likeness (QED) is 0.455. The van der Waals surface area contributed by atoms with Crippen molar-refractivity contribution in [2.45, 2.75) is 0 Å². The van der Waals surface area contributed by atoms with Crippen LogP contribution in [0.2, 0.25) is 0 Å². The van der Waals surface area contributed by atoms with E-state index in [-0.39, 0.29) is 0 Å². The molecule has 0 atom stereocenters. The SMILES string of the molecule is NC(=O)S(=O)(=O)[C](O)CO. The van der Waals surface area contributed by atoms with Gasteiger partial charge >= 0.3 is 5.24 Å². The highest BCUT2D eigenvalue weighted by atomic mass is 32.2. The number of primary amides is 1. The minimum absolute atomic E-state index is 1.12. The van der Waals surface area contributed by atoms with Crippen LogP contribution in [0.4, 0.5) is 4.79 Å². The molecule has 1 radical (unpaired) electrons. The van der Waals surface area contributed by atoms with Gasteiger partial charge < -0.3 is 15.9 Å². The van der Waals surface area contributed by atoms with E-state index in [4.69, 9.17) is 10.2 Å². The Morgan fingerprint density at radius 3 is 2.00 bits per heavy atom. The van der Waals surface area contributed by atoms with Gasteiger partial charge in [-0.25, -0.2) is 8.42 Å². The Balaban J connectivity index is 4.59. The highest BCUT2D eigenvalue weighted by Crippen LogP contribution is 2.04. The summed E-state index contributed by atoms with van der Waals surface area (Å²) in [4.78, 5) is 9.96. The number of hydrogen-bond acceptors (Lipinski definition) is 5. The standard InChI is InChI=1S/C3H6NO5S/c4-3(7)10(8,9)2(6)1-5/h5-6H,1H2,(H2,4,7). The third kappa shape index (κ3) is 1.66. The fourth-order valence-electron chi connectivity index (χ4n) is 0.201. The van der Waals surface area contributed by atoms with E-state index in [9.17, 15) is 13.2 Å². The van der Waals surface area contributed by atoms with Crippen molar-refractivity contribution in [3.63, 3.8) is 0 Å². The molecule has 0 saturated carbocycles. The van der Waals surface area contributed by atoms with Crippen molar-refractivity contribution in [3.8, 4) is 0 Å². The third-order valence-electron chi connectivity index (χ3n) is 0.710. The summed E-state index contributed by atoms with van der Waals surface area (Å²) in [5, 5.41) is 14.7. The number of amides is 1. The summed E-state index contributed by atoms with van der Waals surface area (Å²) in [7, 11) is -4.47. The fourth-order valence-corrected chi connectivity index (χ4v) is 0.603. The van der Waals surface area contributed by atoms with Crippen molar-refractivity contribution in [2.75, 3.05) is 6.61 Å². The molecular formula is C3H6NO5S. The first-order valence-electron chi connectivity index (χ1n) is 2.13. The molecule has 4 N–H and O–H groups in total. The molecule has 0 rings (SSSR count). The van der Waals surface area contributed by atoms with Crippen LogP contribution in [0.15, 0.2) is 0 Å². The number of rotatable bonds is 2. The van der Waals surface area contributed by atoms with Crippen molar-refractivity contribution >= 4 is 15.1 Å². The van der Waals surface area contributed by atoms with Crippen LogP contribution in [0.25, 0.3) is 0 Å². The lowest BCUT2D eigenvalue weighted by Gasteiger charge is -2.01. The average molecular weight is 168 g/mol. The van der Waals surface area contributed by atoms with E-state index in [0.29, 0.717) is 0 Å². The van der Waals surface area contributed by atoms with Crippen LogP contribution < -0.4 is 5.73 Å². The molecule has 0 aliphatic heterocycles. The Bertz CT molecular complexity index is 219. The van der Waals surface area contributed by atoms with Gasteiger partial charge in [-0.15, -0.1) is 0 Å². The molecule has 0 aromatic carbocycles. The second-order valence-electron chi connectivity index (χ2n) is 1.37. The number of hydrogen-bond donors (Lipinski definition) is 3. The molecule has 0 aliphatic rings. The van der Waals surface area contributed by atoms with E-state index < -0.39 is 27.1 Å². The monoisotopic (exact) mass is 168 g/mol. The number of carbonyl (C=O) groups excluding carboxylic acids is 1. The minimum Gasteiger partial charge on any atom is -0.392 e. The summed E-state index contributed by atoms with van der Waals surface area (Å²) in [5.74, 6) is 0. The first-order chi connectivity index (χ1) is 4.42. The number of aliphatic hydroxyl groups excluding tert-OH is 2. The molecule has 0 saturated heterocycles. The van der Waals surface area contributed by atoms with Crippen molar-refractivity contribution in [1.82, 2.24) is 0 Å². The van der Waals surface area contributed by atoms with Gasteiger partial charge in [0.25, 0.3) is 9.84 Å². The molecule has 1 amide bonds. The summed E-state index contributed by atoms with van der Waals surface area (Å²) < 4.78 is 20.7. The highest BCUT2D eigenvalue weighted by molar-refractivity contribution is 8.08. The number of carbonyl (C=O) groups is 1. The van der Waals surface area contributed by atoms with Gasteiger partial charge in [-0.3, -0.25) is 4.79 Å². The average Bonchev–Trinajstić information content (AvgIpc) is 1.86. The molecule has 0 spiro atoms. The lowest BCUT2D eigenvalue weighted by Crippen LogP contribution is -2.29. The Morgan fingerprint density at radius 2 is 1.90 bits per heavy atom. The lowest BCUT2D eigenvalue weighted by atomic mass is 10.8. The van der Waals surface area contributed by atoms with Crippen molar-refractivity contribution in [1.29, 1.82) is 0 Å². The van der Waals surface area contributed by atoms with Crippen molar-refractivity contribution in [2.24, 2.45) is 5.73 Å². The van der Waals surface area contributed by atoms with Gasteiger partial charge in [-0.2, -0.15) is 0 Å². The minimum atomic E-state index is -4.47. The molecule has 6 nitrogen and oxygen atoms in total.